The van der Waals surface area contributed by atoms with Gasteiger partial charge < -0.3 is 56.6 Å². The fourth-order valence-electron chi connectivity index (χ4n) is 11.6. The summed E-state index contributed by atoms with van der Waals surface area (Å²) in [5.74, 6) is -0.499. The zero-order valence-electron chi connectivity index (χ0n) is 53.7. The maximum atomic E-state index is 14.5. The highest BCUT2D eigenvalue weighted by Gasteiger charge is 2.52. The summed E-state index contributed by atoms with van der Waals surface area (Å²) in [6.07, 6.45) is -0.975. The summed E-state index contributed by atoms with van der Waals surface area (Å²) < 4.78 is 113. The highest BCUT2D eigenvalue weighted by atomic mass is 79.9. The Balaban J connectivity index is 0.000000139. The van der Waals surface area contributed by atoms with Crippen molar-refractivity contribution in [2.24, 2.45) is 0 Å². The summed E-state index contributed by atoms with van der Waals surface area (Å²) in [4.78, 5) is 62.1. The van der Waals surface area contributed by atoms with Crippen molar-refractivity contribution in [1.29, 1.82) is 0 Å². The summed E-state index contributed by atoms with van der Waals surface area (Å²) >= 11 is 3.46. The molecule has 3 aliphatic heterocycles. The molecule has 3 fully saturated rings. The highest BCUT2D eigenvalue weighted by molar-refractivity contribution is 9.10. The van der Waals surface area contributed by atoms with Crippen LogP contribution in [0.15, 0.2) is 168 Å². The van der Waals surface area contributed by atoms with Crippen LogP contribution in [0.3, 0.4) is 0 Å². The average molecular weight is 1400 g/mol. The monoisotopic (exact) mass is 1400 g/mol. The third-order valence-electron chi connectivity index (χ3n) is 17.2. The summed E-state index contributed by atoms with van der Waals surface area (Å²) in [6.45, 7) is 9.23. The van der Waals surface area contributed by atoms with Gasteiger partial charge in [0.2, 0.25) is 11.8 Å². The molecule has 0 unspecified atom stereocenters. The first kappa shape index (κ1) is 65.7. The summed E-state index contributed by atoms with van der Waals surface area (Å²) in [5, 5.41) is 6.31. The van der Waals surface area contributed by atoms with Gasteiger partial charge in [0.1, 0.15) is 70.1 Å². The van der Waals surface area contributed by atoms with E-state index in [0.717, 1.165) is 5.46 Å². The van der Waals surface area contributed by atoms with Gasteiger partial charge in [-0.2, -0.15) is 0 Å². The molecule has 12 aromatic rings. The van der Waals surface area contributed by atoms with E-state index in [0.29, 0.717) is 119 Å². The van der Waals surface area contributed by atoms with E-state index >= 15 is 0 Å². The second-order valence-electron chi connectivity index (χ2n) is 23.7. The number of cyclic esters (lactones) is 2. The average Bonchev–Trinajstić information content (AvgIpc) is 1.58. The lowest BCUT2D eigenvalue weighted by Crippen LogP contribution is -2.41. The molecule has 0 saturated carbocycles. The van der Waals surface area contributed by atoms with Gasteiger partial charge in [0.25, 0.3) is 11.8 Å². The number of nitrogens with one attached hydrogen (secondary N) is 2. The Bertz CT molecular complexity index is 5130. The predicted molar refractivity (Wildman–Crippen MR) is 362 cm³/mol. The first-order chi connectivity index (χ1) is 47.1. The number of benzene rings is 8. The van der Waals surface area contributed by atoms with Gasteiger partial charge in [0.05, 0.1) is 72.1 Å². The number of halogens is 5. The van der Waals surface area contributed by atoms with Crippen molar-refractivity contribution in [3.05, 3.63) is 184 Å². The molecule has 26 heteroatoms. The SMILES string of the molecule is CNC(=O)c1c(-c2ccc(F)cc2)oc2cc(N3CCOC3=O)c(-c3ccc(OC)c(-c4nc5c(F)cccc5o4)c3)cc12.CNC(=O)c1c(-c2ccc(F)cc2)oc2cc(N3CCOC3=O)c(Br)cc12.COc1ccc(B2OC(C)(C)C(C)(C)O2)cc1-c1nc2c(F)cccc2o1. The normalized spacial score (nSPS) is 14.7. The molecule has 2 N–H and O–H groups in total. The minimum Gasteiger partial charge on any atom is -0.496 e. The molecule has 3 aliphatic rings. The van der Waals surface area contributed by atoms with Gasteiger partial charge in [-0.3, -0.25) is 19.4 Å². The standard InChI is InChI=1S/C33H23F2N3O6.C20H21BFNO4.C19H14BrFN2O4/c1-36-31(39)28-21-15-20(18-8-11-25(41-2)22(14-18)32-37-29-23(35)4-3-5-26(29)44-32)24(38-12-13-42-33(38)40)16-27(21)43-30(28)17-6-9-19(34)10-7-17;1-19(2)20(3,4)27-21(26-19)12-9-10-15(24-5)13(11-12)18-23-17-14(22)7-6-8-16(17)25-18;1-22-18(24)16-12-8-13(20)14(23-6-7-26-19(23)25)9-15(12)27-17(16)10-2-4-11(21)5-3-10/h3-11,14-16H,12-13H2,1-2H3,(H,36,39);6-11H,1-5H3;2-5,8-9H,6-7H2,1H3,(H,22,24). The molecule has 3 saturated heterocycles. The lowest BCUT2D eigenvalue weighted by Gasteiger charge is -2.32. The van der Waals surface area contributed by atoms with Crippen molar-refractivity contribution in [2.75, 3.05) is 64.4 Å². The number of fused-ring (bicyclic) bond motifs is 4. The predicted octanol–water partition coefficient (Wildman–Crippen LogP) is 15.4. The molecule has 7 heterocycles. The van der Waals surface area contributed by atoms with Gasteiger partial charge in [-0.15, -0.1) is 0 Å². The molecule has 98 heavy (non-hydrogen) atoms. The van der Waals surface area contributed by atoms with Crippen LogP contribution in [0.1, 0.15) is 48.4 Å². The minimum absolute atomic E-state index is 0.0822. The summed E-state index contributed by atoms with van der Waals surface area (Å²) in [5.41, 5.74) is 6.59. The number of carbonyl (C=O) groups excluding carboxylic acids is 4. The van der Waals surface area contributed by atoms with E-state index < -0.39 is 53.9 Å². The van der Waals surface area contributed by atoms with E-state index in [1.54, 1.807) is 86.0 Å². The Labute approximate surface area is 564 Å². The van der Waals surface area contributed by atoms with Gasteiger partial charge in [-0.25, -0.2) is 37.1 Å². The number of para-hydroxylation sites is 2. The van der Waals surface area contributed by atoms with E-state index in [9.17, 15) is 36.7 Å². The largest absolute Gasteiger partial charge is 0.496 e. The number of anilines is 2. The zero-order chi connectivity index (χ0) is 69.1. The molecular weight excluding hydrogens is 1340 g/mol. The fourth-order valence-corrected chi connectivity index (χ4v) is 12.1. The molecule has 498 valence electrons. The lowest BCUT2D eigenvalue weighted by atomic mass is 9.78. The maximum absolute atomic E-state index is 14.5. The van der Waals surface area contributed by atoms with Crippen molar-refractivity contribution in [3.8, 4) is 68.2 Å². The van der Waals surface area contributed by atoms with Gasteiger partial charge in [0.15, 0.2) is 22.8 Å². The smallest absolute Gasteiger partial charge is 0.494 e. The van der Waals surface area contributed by atoms with E-state index in [1.807, 2.05) is 39.8 Å². The summed E-state index contributed by atoms with van der Waals surface area (Å²) in [6, 6.07) is 38.0. The molecule has 0 spiro atoms. The second-order valence-corrected chi connectivity index (χ2v) is 24.5. The first-order valence-electron chi connectivity index (χ1n) is 30.6. The Kier molecular flexibility index (Phi) is 17.6. The van der Waals surface area contributed by atoms with Crippen LogP contribution in [0.5, 0.6) is 11.5 Å². The number of rotatable bonds is 12. The summed E-state index contributed by atoms with van der Waals surface area (Å²) in [7, 11) is 5.57. The van der Waals surface area contributed by atoms with Crippen molar-refractivity contribution in [2.45, 2.75) is 38.9 Å². The number of hydrogen-bond acceptors (Lipinski definition) is 16. The number of methoxy groups -OCH3 is 2. The number of carbonyl (C=O) groups is 4. The Hall–Kier alpha value is -11.0. The molecule has 0 aliphatic carbocycles. The quantitative estimate of drug-likeness (QED) is 0.0855. The van der Waals surface area contributed by atoms with Crippen LogP contribution in [0, 0.1) is 23.3 Å². The Morgan fingerprint density at radius 1 is 0.531 bits per heavy atom. The molecule has 0 bridgehead atoms. The molecule has 20 nitrogen and oxygen atoms in total. The second kappa shape index (κ2) is 26.2. The van der Waals surface area contributed by atoms with Crippen molar-refractivity contribution in [3.63, 3.8) is 0 Å². The maximum Gasteiger partial charge on any atom is 0.494 e. The van der Waals surface area contributed by atoms with Crippen molar-refractivity contribution in [1.82, 2.24) is 20.6 Å². The van der Waals surface area contributed by atoms with Crippen LogP contribution in [0.25, 0.3) is 101 Å². The highest BCUT2D eigenvalue weighted by Crippen LogP contribution is 2.46. The van der Waals surface area contributed by atoms with Crippen LogP contribution >= 0.6 is 15.9 Å². The number of oxazole rings is 2. The van der Waals surface area contributed by atoms with Crippen LogP contribution in [0.4, 0.5) is 38.5 Å². The molecule has 8 aromatic carbocycles. The van der Waals surface area contributed by atoms with E-state index in [4.69, 9.17) is 45.9 Å². The fraction of sp³-hybridized carbons (Fsp3) is 0.194. The number of amides is 4. The third-order valence-corrected chi connectivity index (χ3v) is 17.9. The number of furan rings is 2. The molecular formula is C72H58BBrF4N6O14. The van der Waals surface area contributed by atoms with Gasteiger partial charge >= 0.3 is 19.3 Å². The number of aromatic nitrogens is 2. The third kappa shape index (κ3) is 12.2. The number of ether oxygens (including phenoxy) is 4. The van der Waals surface area contributed by atoms with E-state index in [2.05, 4.69) is 36.5 Å². The van der Waals surface area contributed by atoms with E-state index in [1.165, 1.54) is 85.6 Å². The molecule has 0 radical (unpaired) electrons. The Morgan fingerprint density at radius 3 is 1.44 bits per heavy atom. The van der Waals surface area contributed by atoms with Gasteiger partial charge in [-0.05, 0) is 164 Å². The van der Waals surface area contributed by atoms with E-state index in [-0.39, 0.29) is 58.1 Å². The molecule has 0 atom stereocenters. The van der Waals surface area contributed by atoms with Crippen LogP contribution < -0.4 is 35.4 Å². The first-order valence-corrected chi connectivity index (χ1v) is 31.4. The van der Waals surface area contributed by atoms with Crippen LogP contribution in [0.2, 0.25) is 0 Å². The minimum atomic E-state index is -0.536. The van der Waals surface area contributed by atoms with Gasteiger partial charge in [-0.1, -0.05) is 24.3 Å². The van der Waals surface area contributed by atoms with Gasteiger partial charge in [0, 0.05) is 58.2 Å². The topological polar surface area (TPSA) is 233 Å². The zero-order valence-corrected chi connectivity index (χ0v) is 55.2. The van der Waals surface area contributed by atoms with Crippen LogP contribution in [-0.2, 0) is 18.8 Å². The Morgan fingerprint density at radius 2 is 0.980 bits per heavy atom. The van der Waals surface area contributed by atoms with Crippen molar-refractivity contribution < 1.29 is 82.7 Å². The number of hydrogen-bond donors (Lipinski definition) is 2. The molecule has 15 rings (SSSR count). The number of nitrogens with zero attached hydrogens (tertiary/aromatic N) is 4. The van der Waals surface area contributed by atoms with Crippen LogP contribution in [-0.4, -0.2) is 107 Å². The van der Waals surface area contributed by atoms with Crippen molar-refractivity contribution >= 4 is 108 Å². The lowest BCUT2D eigenvalue weighted by molar-refractivity contribution is 0.00578. The molecule has 4 aromatic heterocycles. The molecule has 4 amide bonds.